The maximum absolute atomic E-state index is 12.5. The Morgan fingerprint density at radius 3 is 2.58 bits per heavy atom. The molecular weight excluding hydrogens is 296 g/mol. The third-order valence-electron chi connectivity index (χ3n) is 4.71. The molecule has 2 aromatic carbocycles. The van der Waals surface area contributed by atoms with E-state index in [0.29, 0.717) is 6.54 Å². The fraction of sp³-hybridized carbons (Fsp3) is 0.381. The Labute approximate surface area is 144 Å². The van der Waals surface area contributed by atoms with E-state index in [9.17, 15) is 4.79 Å². The van der Waals surface area contributed by atoms with Crippen molar-refractivity contribution in [2.75, 3.05) is 13.1 Å². The van der Waals surface area contributed by atoms with Crippen LogP contribution in [0.1, 0.15) is 29.5 Å². The smallest absolute Gasteiger partial charge is 0.224 e. The number of benzene rings is 2. The molecular formula is C21H26N2O. The van der Waals surface area contributed by atoms with Crippen LogP contribution < -0.4 is 5.32 Å². The molecule has 0 aromatic heterocycles. The number of carbonyl (C=O) groups excluding carboxylic acids is 1. The largest absolute Gasteiger partial charge is 0.352 e. The second-order valence-electron chi connectivity index (χ2n) is 6.76. The van der Waals surface area contributed by atoms with Gasteiger partial charge in [-0.2, -0.15) is 0 Å². The Morgan fingerprint density at radius 2 is 1.83 bits per heavy atom. The van der Waals surface area contributed by atoms with Gasteiger partial charge < -0.3 is 5.32 Å². The monoisotopic (exact) mass is 322 g/mol. The van der Waals surface area contributed by atoms with E-state index < -0.39 is 0 Å². The van der Waals surface area contributed by atoms with Crippen molar-refractivity contribution in [1.29, 1.82) is 0 Å². The summed E-state index contributed by atoms with van der Waals surface area (Å²) in [6.45, 7) is 5.56. The zero-order valence-corrected chi connectivity index (χ0v) is 14.4. The van der Waals surface area contributed by atoms with Gasteiger partial charge in [0, 0.05) is 19.6 Å². The Hall–Kier alpha value is -2.13. The van der Waals surface area contributed by atoms with E-state index in [1.807, 2.05) is 6.07 Å². The zero-order chi connectivity index (χ0) is 16.8. The van der Waals surface area contributed by atoms with Gasteiger partial charge in [-0.3, -0.25) is 9.69 Å². The van der Waals surface area contributed by atoms with Gasteiger partial charge in [-0.25, -0.2) is 0 Å². The van der Waals surface area contributed by atoms with Crippen LogP contribution in [0, 0.1) is 12.8 Å². The Bertz CT molecular complexity index is 651. The number of hydrogen-bond donors (Lipinski definition) is 1. The highest BCUT2D eigenvalue weighted by molar-refractivity contribution is 5.78. The molecule has 1 amide bonds. The maximum atomic E-state index is 12.5. The third-order valence-corrected chi connectivity index (χ3v) is 4.71. The predicted octanol–water partition coefficient (Wildman–Crippen LogP) is 3.52. The van der Waals surface area contributed by atoms with Crippen LogP contribution >= 0.6 is 0 Å². The van der Waals surface area contributed by atoms with Crippen molar-refractivity contribution in [3.05, 3.63) is 71.3 Å². The summed E-state index contributed by atoms with van der Waals surface area (Å²) in [6, 6.07) is 18.8. The summed E-state index contributed by atoms with van der Waals surface area (Å²) in [4.78, 5) is 14.9. The van der Waals surface area contributed by atoms with Crippen molar-refractivity contribution in [1.82, 2.24) is 10.2 Å². The van der Waals surface area contributed by atoms with E-state index in [1.165, 1.54) is 11.1 Å². The summed E-state index contributed by atoms with van der Waals surface area (Å²) in [5, 5.41) is 3.11. The van der Waals surface area contributed by atoms with Crippen molar-refractivity contribution in [3.63, 3.8) is 0 Å². The van der Waals surface area contributed by atoms with Crippen LogP contribution in [0.4, 0.5) is 0 Å². The highest BCUT2D eigenvalue weighted by Gasteiger charge is 2.25. The van der Waals surface area contributed by atoms with E-state index in [0.717, 1.165) is 38.0 Å². The van der Waals surface area contributed by atoms with E-state index in [2.05, 4.69) is 65.7 Å². The molecule has 1 atom stereocenters. The minimum atomic E-state index is 0.105. The molecule has 1 fully saturated rings. The lowest BCUT2D eigenvalue weighted by Gasteiger charge is -2.32. The first-order chi connectivity index (χ1) is 11.7. The van der Waals surface area contributed by atoms with Gasteiger partial charge in [0.1, 0.15) is 0 Å². The molecule has 0 bridgehead atoms. The van der Waals surface area contributed by atoms with Gasteiger partial charge in [0.05, 0.1) is 5.92 Å². The van der Waals surface area contributed by atoms with Gasteiger partial charge in [-0.15, -0.1) is 0 Å². The summed E-state index contributed by atoms with van der Waals surface area (Å²) in [5.74, 6) is 0.293. The number of piperidine rings is 1. The Kier molecular flexibility index (Phi) is 5.65. The maximum Gasteiger partial charge on any atom is 0.224 e. The molecule has 0 spiro atoms. The van der Waals surface area contributed by atoms with E-state index >= 15 is 0 Å². The molecule has 0 aliphatic carbocycles. The first-order valence-electron chi connectivity index (χ1n) is 8.80. The number of amides is 1. The third kappa shape index (κ3) is 4.68. The number of rotatable bonds is 5. The SMILES string of the molecule is Cc1ccc(CNC(=O)C2CCCN(Cc3ccccc3)C2)cc1. The summed E-state index contributed by atoms with van der Waals surface area (Å²) in [7, 11) is 0. The lowest BCUT2D eigenvalue weighted by atomic mass is 9.96. The first-order valence-corrected chi connectivity index (χ1v) is 8.80. The average molecular weight is 322 g/mol. The molecule has 3 nitrogen and oxygen atoms in total. The highest BCUT2D eigenvalue weighted by atomic mass is 16.1. The molecule has 24 heavy (non-hydrogen) atoms. The quantitative estimate of drug-likeness (QED) is 0.913. The number of carbonyl (C=O) groups is 1. The molecule has 1 N–H and O–H groups in total. The number of hydrogen-bond acceptors (Lipinski definition) is 2. The summed E-state index contributed by atoms with van der Waals surface area (Å²) in [5.41, 5.74) is 3.72. The fourth-order valence-corrected chi connectivity index (χ4v) is 3.29. The minimum Gasteiger partial charge on any atom is -0.352 e. The Morgan fingerprint density at radius 1 is 1.08 bits per heavy atom. The van der Waals surface area contributed by atoms with Crippen molar-refractivity contribution in [3.8, 4) is 0 Å². The number of nitrogens with zero attached hydrogens (tertiary/aromatic N) is 1. The van der Waals surface area contributed by atoms with Crippen molar-refractivity contribution >= 4 is 5.91 Å². The molecule has 1 aliphatic heterocycles. The molecule has 3 rings (SSSR count). The van der Waals surface area contributed by atoms with Crippen LogP contribution in [-0.4, -0.2) is 23.9 Å². The second-order valence-corrected chi connectivity index (χ2v) is 6.76. The molecule has 1 unspecified atom stereocenters. The van der Waals surface area contributed by atoms with Crippen LogP contribution in [0.3, 0.4) is 0 Å². The van der Waals surface area contributed by atoms with Crippen LogP contribution in [0.25, 0.3) is 0 Å². The summed E-state index contributed by atoms with van der Waals surface area (Å²) >= 11 is 0. The number of nitrogens with one attached hydrogen (secondary N) is 1. The minimum absolute atomic E-state index is 0.105. The van der Waals surface area contributed by atoms with E-state index in [-0.39, 0.29) is 11.8 Å². The number of aryl methyl sites for hydroxylation is 1. The topological polar surface area (TPSA) is 32.3 Å². The van der Waals surface area contributed by atoms with Gasteiger partial charge >= 0.3 is 0 Å². The molecule has 126 valence electrons. The van der Waals surface area contributed by atoms with Gasteiger partial charge in [-0.1, -0.05) is 60.2 Å². The zero-order valence-electron chi connectivity index (χ0n) is 14.4. The van der Waals surface area contributed by atoms with Crippen molar-refractivity contribution in [2.45, 2.75) is 32.9 Å². The second kappa shape index (κ2) is 8.11. The van der Waals surface area contributed by atoms with Gasteiger partial charge in [0.2, 0.25) is 5.91 Å². The first kappa shape index (κ1) is 16.7. The van der Waals surface area contributed by atoms with E-state index in [1.54, 1.807) is 0 Å². The van der Waals surface area contributed by atoms with Crippen LogP contribution in [0.5, 0.6) is 0 Å². The van der Waals surface area contributed by atoms with Crippen molar-refractivity contribution in [2.24, 2.45) is 5.92 Å². The standard InChI is InChI=1S/C21H26N2O/c1-17-9-11-18(12-10-17)14-22-21(24)20-8-5-13-23(16-20)15-19-6-3-2-4-7-19/h2-4,6-7,9-12,20H,5,8,13-16H2,1H3,(H,22,24). The summed E-state index contributed by atoms with van der Waals surface area (Å²) < 4.78 is 0. The fourth-order valence-electron chi connectivity index (χ4n) is 3.29. The average Bonchev–Trinajstić information content (AvgIpc) is 2.62. The lowest BCUT2D eigenvalue weighted by molar-refractivity contribution is -0.126. The Balaban J connectivity index is 1.50. The van der Waals surface area contributed by atoms with Crippen LogP contribution in [0.15, 0.2) is 54.6 Å². The van der Waals surface area contributed by atoms with Gasteiger partial charge in [-0.05, 0) is 37.4 Å². The molecule has 1 aliphatic rings. The van der Waals surface area contributed by atoms with Gasteiger partial charge in [0.15, 0.2) is 0 Å². The van der Waals surface area contributed by atoms with Crippen molar-refractivity contribution < 1.29 is 4.79 Å². The number of likely N-dealkylation sites (tertiary alicyclic amines) is 1. The van der Waals surface area contributed by atoms with Gasteiger partial charge in [0.25, 0.3) is 0 Å². The molecule has 1 saturated heterocycles. The highest BCUT2D eigenvalue weighted by Crippen LogP contribution is 2.19. The normalized spacial score (nSPS) is 18.3. The molecule has 0 radical (unpaired) electrons. The summed E-state index contributed by atoms with van der Waals surface area (Å²) in [6.07, 6.45) is 2.08. The molecule has 2 aromatic rings. The lowest BCUT2D eigenvalue weighted by Crippen LogP contribution is -2.42. The predicted molar refractivity (Wildman–Crippen MR) is 97.5 cm³/mol. The molecule has 3 heteroatoms. The van der Waals surface area contributed by atoms with Crippen LogP contribution in [-0.2, 0) is 17.9 Å². The van der Waals surface area contributed by atoms with Crippen LogP contribution in [0.2, 0.25) is 0 Å². The molecule has 1 heterocycles. The molecule has 0 saturated carbocycles. The van der Waals surface area contributed by atoms with E-state index in [4.69, 9.17) is 0 Å².